The second-order valence-electron chi connectivity index (χ2n) is 3.72. The number of aromatic nitrogens is 2. The van der Waals surface area contributed by atoms with E-state index >= 15 is 0 Å². The van der Waals surface area contributed by atoms with Gasteiger partial charge in [-0.1, -0.05) is 0 Å². The minimum Gasteiger partial charge on any atom is -0.329 e. The number of H-pyrrole nitrogens is 1. The molecule has 1 aliphatic rings. The summed E-state index contributed by atoms with van der Waals surface area (Å²) in [5.74, 6) is 0.764. The van der Waals surface area contributed by atoms with Gasteiger partial charge in [0, 0.05) is 23.7 Å². The highest BCUT2D eigenvalue weighted by Crippen LogP contribution is 2.45. The first kappa shape index (κ1) is 8.44. The summed E-state index contributed by atoms with van der Waals surface area (Å²) >= 11 is 0. The average molecular weight is 179 g/mol. The van der Waals surface area contributed by atoms with Crippen molar-refractivity contribution in [1.82, 2.24) is 9.97 Å². The van der Waals surface area contributed by atoms with Crippen LogP contribution in [0.3, 0.4) is 0 Å². The van der Waals surface area contributed by atoms with E-state index in [-0.39, 0.29) is 11.0 Å². The van der Waals surface area contributed by atoms with Gasteiger partial charge >= 0.3 is 0 Å². The molecule has 1 aromatic heterocycles. The Hall–Kier alpha value is -1.16. The lowest BCUT2D eigenvalue weighted by Gasteiger charge is -2.10. The molecule has 0 spiro atoms. The lowest BCUT2D eigenvalue weighted by atomic mass is 10.1. The average Bonchev–Trinajstić information content (AvgIpc) is 2.82. The van der Waals surface area contributed by atoms with Gasteiger partial charge < -0.3 is 10.7 Å². The Morgan fingerprint density at radius 3 is 2.85 bits per heavy atom. The van der Waals surface area contributed by atoms with Crippen LogP contribution in [0.25, 0.3) is 0 Å². The summed E-state index contributed by atoms with van der Waals surface area (Å²) in [6.07, 6.45) is 2.08. The lowest BCUT2D eigenvalue weighted by molar-refractivity contribution is 0.641. The van der Waals surface area contributed by atoms with Crippen molar-refractivity contribution in [2.75, 3.05) is 6.54 Å². The van der Waals surface area contributed by atoms with E-state index in [2.05, 4.69) is 9.97 Å². The fourth-order valence-electron chi connectivity index (χ4n) is 1.52. The van der Waals surface area contributed by atoms with Crippen LogP contribution in [0.1, 0.15) is 24.4 Å². The van der Waals surface area contributed by atoms with Gasteiger partial charge in [0.1, 0.15) is 5.82 Å². The molecule has 4 nitrogen and oxygen atoms in total. The van der Waals surface area contributed by atoms with Crippen molar-refractivity contribution in [3.63, 3.8) is 0 Å². The summed E-state index contributed by atoms with van der Waals surface area (Å²) < 4.78 is 0. The molecule has 0 aliphatic heterocycles. The molecule has 4 heteroatoms. The number of aryl methyl sites for hydroxylation is 1. The standard InChI is InChI=1S/C9H13N3O/c1-6-4-7(13)12-8(11-6)9(5-10)2-3-9/h4H,2-3,5,10H2,1H3,(H,11,12,13). The third kappa shape index (κ3) is 1.37. The van der Waals surface area contributed by atoms with Gasteiger partial charge in [0.15, 0.2) is 0 Å². The molecule has 0 radical (unpaired) electrons. The number of hydrogen-bond donors (Lipinski definition) is 2. The molecule has 0 amide bonds. The summed E-state index contributed by atoms with van der Waals surface area (Å²) in [7, 11) is 0. The topological polar surface area (TPSA) is 71.8 Å². The van der Waals surface area contributed by atoms with Gasteiger partial charge in [0.25, 0.3) is 5.56 Å². The highest BCUT2D eigenvalue weighted by molar-refractivity contribution is 5.19. The number of nitrogens with two attached hydrogens (primary N) is 1. The van der Waals surface area contributed by atoms with E-state index in [9.17, 15) is 4.79 Å². The van der Waals surface area contributed by atoms with E-state index in [1.54, 1.807) is 0 Å². The third-order valence-corrected chi connectivity index (χ3v) is 2.62. The van der Waals surface area contributed by atoms with E-state index < -0.39 is 0 Å². The maximum Gasteiger partial charge on any atom is 0.251 e. The monoisotopic (exact) mass is 179 g/mol. The van der Waals surface area contributed by atoms with E-state index in [4.69, 9.17) is 5.73 Å². The molecule has 1 fully saturated rings. The Bertz CT molecular complexity index is 379. The molecule has 0 atom stereocenters. The van der Waals surface area contributed by atoms with Gasteiger partial charge in [0.2, 0.25) is 0 Å². The fraction of sp³-hybridized carbons (Fsp3) is 0.556. The molecule has 2 rings (SSSR count). The zero-order valence-electron chi connectivity index (χ0n) is 7.63. The Kier molecular flexibility index (Phi) is 1.73. The molecule has 0 aromatic carbocycles. The second kappa shape index (κ2) is 2.67. The molecule has 0 saturated heterocycles. The Balaban J connectivity index is 2.46. The number of rotatable bonds is 2. The van der Waals surface area contributed by atoms with Crippen LogP contribution in [-0.2, 0) is 5.41 Å². The maximum absolute atomic E-state index is 11.2. The molecule has 0 unspecified atom stereocenters. The van der Waals surface area contributed by atoms with Crippen LogP contribution in [0.4, 0.5) is 0 Å². The molecule has 13 heavy (non-hydrogen) atoms. The minimum absolute atomic E-state index is 0.0226. The van der Waals surface area contributed by atoms with Crippen molar-refractivity contribution in [3.8, 4) is 0 Å². The molecule has 70 valence electrons. The van der Waals surface area contributed by atoms with E-state index in [1.807, 2.05) is 6.92 Å². The van der Waals surface area contributed by atoms with Crippen LogP contribution in [0, 0.1) is 6.92 Å². The predicted octanol–water partition coefficient (Wildman–Crippen LogP) is 0.0686. The first-order chi connectivity index (χ1) is 6.16. The largest absolute Gasteiger partial charge is 0.329 e. The smallest absolute Gasteiger partial charge is 0.251 e. The van der Waals surface area contributed by atoms with E-state index in [1.165, 1.54) is 6.07 Å². The zero-order chi connectivity index (χ0) is 9.47. The van der Waals surface area contributed by atoms with Gasteiger partial charge in [-0.2, -0.15) is 0 Å². The summed E-state index contributed by atoms with van der Waals surface area (Å²) in [6, 6.07) is 1.50. The third-order valence-electron chi connectivity index (χ3n) is 2.62. The van der Waals surface area contributed by atoms with Crippen LogP contribution in [-0.4, -0.2) is 16.5 Å². The summed E-state index contributed by atoms with van der Waals surface area (Å²) in [4.78, 5) is 18.2. The van der Waals surface area contributed by atoms with Crippen LogP contribution >= 0.6 is 0 Å². The fourth-order valence-corrected chi connectivity index (χ4v) is 1.52. The first-order valence-corrected chi connectivity index (χ1v) is 4.45. The van der Waals surface area contributed by atoms with Gasteiger partial charge in [-0.05, 0) is 19.8 Å². The molecular formula is C9H13N3O. The first-order valence-electron chi connectivity index (χ1n) is 4.45. The molecular weight excluding hydrogens is 166 g/mol. The van der Waals surface area contributed by atoms with Crippen LogP contribution in [0.15, 0.2) is 10.9 Å². The van der Waals surface area contributed by atoms with Crippen LogP contribution in [0.2, 0.25) is 0 Å². The van der Waals surface area contributed by atoms with Gasteiger partial charge in [0.05, 0.1) is 0 Å². The van der Waals surface area contributed by atoms with Crippen molar-refractivity contribution >= 4 is 0 Å². The van der Waals surface area contributed by atoms with E-state index in [0.29, 0.717) is 6.54 Å². The lowest BCUT2D eigenvalue weighted by Crippen LogP contribution is -2.26. The predicted molar refractivity (Wildman–Crippen MR) is 49.6 cm³/mol. The summed E-state index contributed by atoms with van der Waals surface area (Å²) in [6.45, 7) is 2.39. The Morgan fingerprint density at radius 1 is 1.69 bits per heavy atom. The summed E-state index contributed by atoms with van der Waals surface area (Å²) in [5.41, 5.74) is 6.30. The van der Waals surface area contributed by atoms with Gasteiger partial charge in [-0.3, -0.25) is 4.79 Å². The number of hydrogen-bond acceptors (Lipinski definition) is 3. The van der Waals surface area contributed by atoms with Crippen molar-refractivity contribution in [2.45, 2.75) is 25.2 Å². The molecule has 1 heterocycles. The van der Waals surface area contributed by atoms with Crippen molar-refractivity contribution < 1.29 is 0 Å². The SMILES string of the molecule is Cc1cc(=O)[nH]c(C2(CN)CC2)n1. The summed E-state index contributed by atoms with van der Waals surface area (Å²) in [5, 5.41) is 0. The number of nitrogens with zero attached hydrogens (tertiary/aromatic N) is 1. The van der Waals surface area contributed by atoms with Crippen molar-refractivity contribution in [1.29, 1.82) is 0 Å². The Morgan fingerprint density at radius 2 is 2.38 bits per heavy atom. The minimum atomic E-state index is -0.0813. The van der Waals surface area contributed by atoms with Crippen LogP contribution < -0.4 is 11.3 Å². The highest BCUT2D eigenvalue weighted by atomic mass is 16.1. The zero-order valence-corrected chi connectivity index (χ0v) is 7.63. The molecule has 3 N–H and O–H groups in total. The molecule has 0 bridgehead atoms. The second-order valence-corrected chi connectivity index (χ2v) is 3.72. The molecule has 1 aromatic rings. The van der Waals surface area contributed by atoms with Crippen molar-refractivity contribution in [2.24, 2.45) is 5.73 Å². The quantitative estimate of drug-likeness (QED) is 0.674. The van der Waals surface area contributed by atoms with Gasteiger partial charge in [-0.15, -0.1) is 0 Å². The van der Waals surface area contributed by atoms with Crippen LogP contribution in [0.5, 0.6) is 0 Å². The van der Waals surface area contributed by atoms with Gasteiger partial charge in [-0.25, -0.2) is 4.98 Å². The maximum atomic E-state index is 11.2. The van der Waals surface area contributed by atoms with Crippen molar-refractivity contribution in [3.05, 3.63) is 27.9 Å². The normalized spacial score (nSPS) is 18.6. The number of nitrogens with one attached hydrogen (secondary N) is 1. The molecule has 1 saturated carbocycles. The number of aromatic amines is 1. The van der Waals surface area contributed by atoms with E-state index in [0.717, 1.165) is 24.4 Å². The molecule has 1 aliphatic carbocycles. The highest BCUT2D eigenvalue weighted by Gasteiger charge is 2.45. The Labute approximate surface area is 76.2 Å².